The highest BCUT2D eigenvalue weighted by Crippen LogP contribution is 2.47. The van der Waals surface area contributed by atoms with Crippen molar-refractivity contribution in [1.29, 1.82) is 0 Å². The average molecular weight is 739 g/mol. The lowest BCUT2D eigenvalue weighted by Gasteiger charge is -2.27. The monoisotopic (exact) mass is 738 g/mol. The van der Waals surface area contributed by atoms with Gasteiger partial charge in [0.25, 0.3) is 0 Å². The number of rotatable bonds is 7. The third-order valence-electron chi connectivity index (χ3n) is 11.5. The molecule has 0 fully saturated rings. The van der Waals surface area contributed by atoms with Crippen molar-refractivity contribution in [2.45, 2.75) is 0 Å². The molecular formula is C56H38N2. The van der Waals surface area contributed by atoms with Gasteiger partial charge < -0.3 is 9.30 Å². The maximum absolute atomic E-state index is 2.44. The maximum atomic E-state index is 2.44. The Morgan fingerprint density at radius 2 is 0.776 bits per heavy atom. The minimum Gasteiger partial charge on any atom is -0.315 e. The third-order valence-corrected chi connectivity index (χ3v) is 11.5. The number of anilines is 3. The molecule has 0 saturated heterocycles. The predicted octanol–water partition coefficient (Wildman–Crippen LogP) is 15.5. The average Bonchev–Trinajstić information content (AvgIpc) is 3.67. The Hall–Kier alpha value is -7.68. The Balaban J connectivity index is 1.13. The minimum atomic E-state index is 1.09. The highest BCUT2D eigenvalue weighted by Gasteiger charge is 2.23. The summed E-state index contributed by atoms with van der Waals surface area (Å²) in [6.07, 6.45) is 2.24. The normalized spacial score (nSPS) is 11.4. The van der Waals surface area contributed by atoms with Gasteiger partial charge in [0, 0.05) is 45.2 Å². The van der Waals surface area contributed by atoms with E-state index < -0.39 is 0 Å². The molecule has 0 spiro atoms. The van der Waals surface area contributed by atoms with Crippen LogP contribution in [-0.4, -0.2) is 4.40 Å². The first-order valence-corrected chi connectivity index (χ1v) is 19.9. The number of aromatic nitrogens is 1. The second-order valence-corrected chi connectivity index (χ2v) is 14.9. The molecule has 272 valence electrons. The van der Waals surface area contributed by atoms with Gasteiger partial charge in [-0.25, -0.2) is 0 Å². The SMILES string of the molecule is c1ccc(-c2cc(-c3ccccc3)cc(N(c3ccccc3)c3ccc(-c4cccn5c4c(-c4ccccc4)c4c6ccccc6c6ccccc6c45)cc3)c2)cc1. The fraction of sp³-hybridized carbons (Fsp3) is 0. The van der Waals surface area contributed by atoms with Crippen LogP contribution in [0.3, 0.4) is 0 Å². The summed E-state index contributed by atoms with van der Waals surface area (Å²) in [5.74, 6) is 0. The lowest BCUT2D eigenvalue weighted by molar-refractivity contribution is 1.26. The first-order chi connectivity index (χ1) is 28.8. The van der Waals surface area contributed by atoms with Gasteiger partial charge in [-0.3, -0.25) is 0 Å². The van der Waals surface area contributed by atoms with Gasteiger partial charge in [0.05, 0.1) is 11.0 Å². The summed E-state index contributed by atoms with van der Waals surface area (Å²) in [5, 5.41) is 6.36. The van der Waals surface area contributed by atoms with Gasteiger partial charge in [-0.1, -0.05) is 176 Å². The Morgan fingerprint density at radius 3 is 1.38 bits per heavy atom. The van der Waals surface area contributed by atoms with E-state index >= 15 is 0 Å². The molecule has 0 aliphatic carbocycles. The second-order valence-electron chi connectivity index (χ2n) is 14.9. The highest BCUT2D eigenvalue weighted by molar-refractivity contribution is 6.31. The molecule has 2 heteroatoms. The summed E-state index contributed by atoms with van der Waals surface area (Å²) >= 11 is 0. The number of para-hydroxylation sites is 1. The van der Waals surface area contributed by atoms with E-state index in [9.17, 15) is 0 Å². The van der Waals surface area contributed by atoms with Crippen molar-refractivity contribution >= 4 is 55.0 Å². The van der Waals surface area contributed by atoms with E-state index in [1.165, 1.54) is 82.5 Å². The van der Waals surface area contributed by atoms with Crippen LogP contribution in [0.2, 0.25) is 0 Å². The molecule has 0 aliphatic heterocycles. The van der Waals surface area contributed by atoms with Gasteiger partial charge in [0.15, 0.2) is 0 Å². The van der Waals surface area contributed by atoms with Crippen LogP contribution in [0.5, 0.6) is 0 Å². The van der Waals surface area contributed by atoms with Crippen molar-refractivity contribution in [3.63, 3.8) is 0 Å². The molecule has 0 radical (unpaired) electrons. The van der Waals surface area contributed by atoms with Crippen molar-refractivity contribution in [3.8, 4) is 44.5 Å². The van der Waals surface area contributed by atoms with Crippen LogP contribution < -0.4 is 4.90 Å². The first kappa shape index (κ1) is 33.6. The molecule has 11 aromatic rings. The lowest BCUT2D eigenvalue weighted by Crippen LogP contribution is -2.10. The van der Waals surface area contributed by atoms with Crippen LogP contribution in [0, 0.1) is 0 Å². The zero-order valence-electron chi connectivity index (χ0n) is 31.8. The van der Waals surface area contributed by atoms with Crippen LogP contribution >= 0.6 is 0 Å². The molecular weight excluding hydrogens is 701 g/mol. The summed E-state index contributed by atoms with van der Waals surface area (Å²) < 4.78 is 2.44. The molecule has 2 nitrogen and oxygen atoms in total. The fourth-order valence-electron chi connectivity index (χ4n) is 8.96. The number of benzene rings is 9. The highest BCUT2D eigenvalue weighted by atomic mass is 15.1. The number of hydrogen-bond acceptors (Lipinski definition) is 1. The third kappa shape index (κ3) is 5.66. The molecule has 11 rings (SSSR count). The lowest BCUT2D eigenvalue weighted by atomic mass is 9.93. The molecule has 0 amide bonds. The molecule has 0 bridgehead atoms. The number of nitrogens with zero attached hydrogens (tertiary/aromatic N) is 2. The Kier molecular flexibility index (Phi) is 8.19. The Morgan fingerprint density at radius 1 is 0.293 bits per heavy atom. The molecule has 0 aliphatic rings. The van der Waals surface area contributed by atoms with Crippen LogP contribution in [0.4, 0.5) is 17.1 Å². The molecule has 0 saturated carbocycles. The Bertz CT molecular complexity index is 3180. The van der Waals surface area contributed by atoms with Crippen molar-refractivity contribution in [1.82, 2.24) is 4.40 Å². The van der Waals surface area contributed by atoms with Gasteiger partial charge >= 0.3 is 0 Å². The Labute approximate surface area is 338 Å². The fourth-order valence-corrected chi connectivity index (χ4v) is 8.96. The van der Waals surface area contributed by atoms with Crippen LogP contribution in [0.1, 0.15) is 0 Å². The van der Waals surface area contributed by atoms with Crippen molar-refractivity contribution < 1.29 is 0 Å². The zero-order valence-corrected chi connectivity index (χ0v) is 31.8. The predicted molar refractivity (Wildman–Crippen MR) is 246 cm³/mol. The molecule has 0 atom stereocenters. The van der Waals surface area contributed by atoms with E-state index in [1.54, 1.807) is 0 Å². The molecule has 0 unspecified atom stereocenters. The van der Waals surface area contributed by atoms with Gasteiger partial charge in [0.1, 0.15) is 0 Å². The summed E-state index contributed by atoms with van der Waals surface area (Å²) in [7, 11) is 0. The van der Waals surface area contributed by atoms with Gasteiger partial charge in [-0.2, -0.15) is 0 Å². The van der Waals surface area contributed by atoms with Crippen LogP contribution in [0.25, 0.3) is 82.5 Å². The van der Waals surface area contributed by atoms with Crippen molar-refractivity contribution in [2.75, 3.05) is 4.90 Å². The smallest absolute Gasteiger partial charge is 0.0620 e. The van der Waals surface area contributed by atoms with Gasteiger partial charge in [0.2, 0.25) is 0 Å². The number of fused-ring (bicyclic) bond motifs is 8. The molecule has 2 aromatic heterocycles. The minimum absolute atomic E-state index is 1.09. The van der Waals surface area contributed by atoms with Crippen LogP contribution in [-0.2, 0) is 0 Å². The van der Waals surface area contributed by atoms with Crippen LogP contribution in [0.15, 0.2) is 231 Å². The van der Waals surface area contributed by atoms with E-state index in [1.807, 2.05) is 0 Å². The zero-order chi connectivity index (χ0) is 38.4. The maximum Gasteiger partial charge on any atom is 0.0620 e. The quantitative estimate of drug-likeness (QED) is 0.148. The number of hydrogen-bond donors (Lipinski definition) is 0. The van der Waals surface area contributed by atoms with E-state index in [2.05, 4.69) is 240 Å². The van der Waals surface area contributed by atoms with Gasteiger partial charge in [-0.05, 0) is 98.1 Å². The first-order valence-electron chi connectivity index (χ1n) is 19.9. The van der Waals surface area contributed by atoms with E-state index in [0.717, 1.165) is 17.1 Å². The summed E-state index contributed by atoms with van der Waals surface area (Å²) in [6, 6.07) is 81.3. The number of pyridine rings is 1. The van der Waals surface area contributed by atoms with E-state index in [0.29, 0.717) is 0 Å². The topological polar surface area (TPSA) is 7.65 Å². The largest absolute Gasteiger partial charge is 0.315 e. The molecule has 58 heavy (non-hydrogen) atoms. The summed E-state index contributed by atoms with van der Waals surface area (Å²) in [5.41, 5.74) is 15.3. The van der Waals surface area contributed by atoms with Crippen molar-refractivity contribution in [3.05, 3.63) is 231 Å². The summed E-state index contributed by atoms with van der Waals surface area (Å²) in [4.78, 5) is 2.38. The standard InChI is InChI=1S/C56H38N2/c1-5-18-39(19-6-1)43-36-44(40-20-7-2-8-21-40)38-47(37-43)58(45-24-11-4-12-25-45)46-33-31-41(32-34-46)48-30-17-35-57-55(48)53(42-22-9-3-10-23-42)54-51-28-15-13-26-49(51)50-27-14-16-29-52(50)56(54)57/h1-38H. The molecule has 2 heterocycles. The summed E-state index contributed by atoms with van der Waals surface area (Å²) in [6.45, 7) is 0. The van der Waals surface area contributed by atoms with Gasteiger partial charge in [-0.15, -0.1) is 0 Å². The molecule has 9 aromatic carbocycles. The van der Waals surface area contributed by atoms with E-state index in [-0.39, 0.29) is 0 Å². The van der Waals surface area contributed by atoms with E-state index in [4.69, 9.17) is 0 Å². The second kappa shape index (κ2) is 14.1. The molecule has 0 N–H and O–H groups in total. The van der Waals surface area contributed by atoms with Crippen molar-refractivity contribution in [2.24, 2.45) is 0 Å².